The van der Waals surface area contributed by atoms with E-state index >= 15 is 0 Å². The summed E-state index contributed by atoms with van der Waals surface area (Å²) in [6, 6.07) is 5.53. The maximum Gasteiger partial charge on any atom is 0.254 e. The van der Waals surface area contributed by atoms with Gasteiger partial charge >= 0.3 is 0 Å². The van der Waals surface area contributed by atoms with Crippen LogP contribution in [0.15, 0.2) is 30.6 Å². The average Bonchev–Trinajstić information content (AvgIpc) is 2.47. The van der Waals surface area contributed by atoms with Crippen LogP contribution >= 0.6 is 0 Å². The minimum atomic E-state index is 0.0973. The fourth-order valence-corrected chi connectivity index (χ4v) is 2.37. The molecule has 0 bridgehead atoms. The van der Waals surface area contributed by atoms with Crippen LogP contribution in [-0.4, -0.2) is 54.0 Å². The van der Waals surface area contributed by atoms with Gasteiger partial charge in [0, 0.05) is 18.0 Å². The molecule has 3 rings (SSSR count). The molecule has 0 radical (unpaired) electrons. The second-order valence-electron chi connectivity index (χ2n) is 5.01. The van der Waals surface area contributed by atoms with Crippen LogP contribution in [-0.2, 0) is 0 Å². The first-order chi connectivity index (χ1) is 9.24. The van der Waals surface area contributed by atoms with Crippen LogP contribution in [0.3, 0.4) is 0 Å². The Hall–Kier alpha value is -2.01. The molecule has 0 spiro atoms. The van der Waals surface area contributed by atoms with Crippen molar-refractivity contribution in [2.45, 2.75) is 0 Å². The molecule has 5 heteroatoms. The maximum absolute atomic E-state index is 12.4. The zero-order valence-corrected chi connectivity index (χ0v) is 11.0. The molecule has 5 nitrogen and oxygen atoms in total. The predicted molar refractivity (Wildman–Crippen MR) is 72.1 cm³/mol. The highest BCUT2D eigenvalue weighted by Gasteiger charge is 2.22. The molecule has 1 aliphatic rings. The number of benzene rings is 1. The molecule has 2 heterocycles. The number of piperazine rings is 1. The van der Waals surface area contributed by atoms with Crippen molar-refractivity contribution in [1.29, 1.82) is 0 Å². The summed E-state index contributed by atoms with van der Waals surface area (Å²) in [4.78, 5) is 24.3. The average molecular weight is 257 g/mol. The first-order valence-corrected chi connectivity index (χ1v) is 6.55. The van der Waals surface area contributed by atoms with E-state index in [2.05, 4.69) is 17.0 Å². The Balaban J connectivity index is 1.85. The van der Waals surface area contributed by atoms with E-state index in [9.17, 15) is 4.79 Å². The first kappa shape index (κ1) is 12.0. The van der Waals surface area contributed by atoms with Crippen LogP contribution in [0.2, 0.25) is 0 Å². The van der Waals surface area contributed by atoms with E-state index in [1.807, 2.05) is 23.1 Å². The lowest BCUT2D eigenvalue weighted by atomic mass is 10.1. The van der Waals surface area contributed by atoms with E-state index in [0.29, 0.717) is 5.56 Å². The van der Waals surface area contributed by atoms with Crippen molar-refractivity contribution >= 4 is 16.9 Å². The number of amides is 1. The zero-order chi connectivity index (χ0) is 13.2. The molecule has 2 aromatic rings. The van der Waals surface area contributed by atoms with E-state index in [1.165, 1.54) is 4.90 Å². The van der Waals surface area contributed by atoms with E-state index in [1.54, 1.807) is 12.4 Å². The highest BCUT2D eigenvalue weighted by Crippen LogP contribution is 2.13. The van der Waals surface area contributed by atoms with Gasteiger partial charge in [-0.3, -0.25) is 14.8 Å². The summed E-state index contributed by atoms with van der Waals surface area (Å²) >= 11 is 0. The molecule has 98 valence electrons. The van der Waals surface area contributed by atoms with Crippen LogP contribution in [0.25, 0.3) is 11.0 Å². The minimum absolute atomic E-state index is 0.0973. The Labute approximate surface area is 111 Å². The lowest BCUT2D eigenvalue weighted by Gasteiger charge is -2.30. The Morgan fingerprint density at radius 2 is 1.84 bits per heavy atom. The van der Waals surface area contributed by atoms with Crippen molar-refractivity contribution in [3.8, 4) is 0 Å². The number of nitrogens with zero attached hydrogens (tertiary/aromatic N) is 3. The van der Waals surface area contributed by atoms with Crippen LogP contribution in [0.4, 0.5) is 0 Å². The summed E-state index contributed by atoms with van der Waals surface area (Å²) in [7, 11) is 2.16. The second-order valence-corrected chi connectivity index (χ2v) is 5.01. The van der Waals surface area contributed by atoms with Gasteiger partial charge in [0.2, 0.25) is 0 Å². The number of rotatable bonds is 1. The monoisotopic (exact) mass is 257 g/mol. The molecule has 1 N–H and O–H groups in total. The van der Waals surface area contributed by atoms with E-state index < -0.39 is 0 Å². The van der Waals surface area contributed by atoms with Gasteiger partial charge in [0.15, 0.2) is 0 Å². The molecule has 1 aromatic heterocycles. The first-order valence-electron chi connectivity index (χ1n) is 6.55. The van der Waals surface area contributed by atoms with Gasteiger partial charge in [0.25, 0.3) is 5.91 Å². The van der Waals surface area contributed by atoms with Gasteiger partial charge < -0.3 is 9.80 Å². The number of hydrogen-bond acceptors (Lipinski definition) is 3. The van der Waals surface area contributed by atoms with Crippen molar-refractivity contribution in [3.63, 3.8) is 0 Å². The summed E-state index contributed by atoms with van der Waals surface area (Å²) in [5.74, 6) is 0.0973. The summed E-state index contributed by atoms with van der Waals surface area (Å²) in [5.41, 5.74) is 2.29. The highest BCUT2D eigenvalue weighted by atomic mass is 16.2. The molecule has 1 fully saturated rings. The fourth-order valence-electron chi connectivity index (χ4n) is 2.37. The number of fused-ring (bicyclic) bond motifs is 1. The van der Waals surface area contributed by atoms with Crippen molar-refractivity contribution in [1.82, 2.24) is 14.9 Å². The normalized spacial score (nSPS) is 16.8. The summed E-state index contributed by atoms with van der Waals surface area (Å²) < 4.78 is 0. The van der Waals surface area contributed by atoms with Gasteiger partial charge in [-0.1, -0.05) is 0 Å². The Kier molecular flexibility index (Phi) is 3.13. The van der Waals surface area contributed by atoms with Gasteiger partial charge in [-0.05, 0) is 18.2 Å². The molecule has 1 saturated heterocycles. The second kappa shape index (κ2) is 4.93. The number of likely N-dealkylation sites (N-methyl/N-ethyl adjacent to an activating group) is 1. The van der Waals surface area contributed by atoms with Crippen LogP contribution < -0.4 is 4.90 Å². The molecule has 0 aliphatic carbocycles. The predicted octanol–water partition coefficient (Wildman–Crippen LogP) is -0.400. The van der Waals surface area contributed by atoms with Crippen molar-refractivity contribution in [2.75, 3.05) is 33.2 Å². The number of aromatic nitrogens is 2. The van der Waals surface area contributed by atoms with Crippen molar-refractivity contribution in [2.24, 2.45) is 0 Å². The zero-order valence-electron chi connectivity index (χ0n) is 11.0. The Morgan fingerprint density at radius 3 is 2.58 bits per heavy atom. The Bertz CT molecular complexity index is 605. The third-order valence-electron chi connectivity index (χ3n) is 3.62. The molecule has 1 aliphatic heterocycles. The minimum Gasteiger partial charge on any atom is -0.334 e. The van der Waals surface area contributed by atoms with Gasteiger partial charge in [-0.2, -0.15) is 0 Å². The smallest absolute Gasteiger partial charge is 0.254 e. The van der Waals surface area contributed by atoms with Crippen LogP contribution in [0, 0.1) is 0 Å². The van der Waals surface area contributed by atoms with Gasteiger partial charge in [0.1, 0.15) is 0 Å². The standard InChI is InChI=1S/C14H16N4O/c1-17-6-8-18(9-7-17)14(19)11-2-3-12-13(10-11)16-5-4-15-12/h2-5,10H,6-9H2,1H3/p+1. The van der Waals surface area contributed by atoms with E-state index in [4.69, 9.17) is 0 Å². The van der Waals surface area contributed by atoms with Gasteiger partial charge in [-0.15, -0.1) is 0 Å². The number of carbonyl (C=O) groups is 1. The van der Waals surface area contributed by atoms with Crippen LogP contribution in [0.5, 0.6) is 0 Å². The fraction of sp³-hybridized carbons (Fsp3) is 0.357. The lowest BCUT2D eigenvalue weighted by molar-refractivity contribution is -0.883. The molecule has 19 heavy (non-hydrogen) atoms. The van der Waals surface area contributed by atoms with Crippen molar-refractivity contribution < 1.29 is 9.69 Å². The number of hydrogen-bond donors (Lipinski definition) is 1. The van der Waals surface area contributed by atoms with E-state index in [0.717, 1.165) is 37.2 Å². The number of carbonyl (C=O) groups excluding carboxylic acids is 1. The molecular formula is C14H17N4O+. The number of quaternary nitrogens is 1. The quantitative estimate of drug-likeness (QED) is 0.756. The van der Waals surface area contributed by atoms with Crippen LogP contribution in [0.1, 0.15) is 10.4 Å². The third-order valence-corrected chi connectivity index (χ3v) is 3.62. The van der Waals surface area contributed by atoms with Crippen molar-refractivity contribution in [3.05, 3.63) is 36.2 Å². The van der Waals surface area contributed by atoms with Gasteiger partial charge in [0.05, 0.1) is 44.3 Å². The van der Waals surface area contributed by atoms with Gasteiger partial charge in [-0.25, -0.2) is 0 Å². The molecule has 1 aromatic carbocycles. The largest absolute Gasteiger partial charge is 0.334 e. The summed E-state index contributed by atoms with van der Waals surface area (Å²) in [6.45, 7) is 3.67. The molecule has 0 atom stereocenters. The number of nitrogens with one attached hydrogen (secondary N) is 1. The SMILES string of the molecule is C[NH+]1CCN(C(=O)c2ccc3nccnc3c2)CC1. The molecular weight excluding hydrogens is 240 g/mol. The topological polar surface area (TPSA) is 50.5 Å². The molecule has 0 unspecified atom stereocenters. The summed E-state index contributed by atoms with van der Waals surface area (Å²) in [6.07, 6.45) is 3.31. The Morgan fingerprint density at radius 1 is 1.16 bits per heavy atom. The maximum atomic E-state index is 12.4. The summed E-state index contributed by atoms with van der Waals surface area (Å²) in [5, 5.41) is 0. The molecule has 1 amide bonds. The van der Waals surface area contributed by atoms with E-state index in [-0.39, 0.29) is 5.91 Å². The third kappa shape index (κ3) is 2.42. The lowest BCUT2D eigenvalue weighted by Crippen LogP contribution is -3.12. The highest BCUT2D eigenvalue weighted by molar-refractivity contribution is 5.97. The molecule has 0 saturated carbocycles.